The number of rotatable bonds is 8. The average molecular weight is 522 g/mol. The van der Waals surface area contributed by atoms with Crippen molar-refractivity contribution >= 4 is 29.6 Å². The number of hydrogen-bond donors (Lipinski definition) is 0. The van der Waals surface area contributed by atoms with E-state index in [1.54, 1.807) is 42.6 Å². The second kappa shape index (κ2) is 11.6. The Kier molecular flexibility index (Phi) is 7.62. The minimum atomic E-state index is -0.496. The number of aliphatic imine (C=N–C) groups is 1. The van der Waals surface area contributed by atoms with E-state index < -0.39 is 5.97 Å². The largest absolute Gasteiger partial charge is 0.490 e. The predicted molar refractivity (Wildman–Crippen MR) is 150 cm³/mol. The van der Waals surface area contributed by atoms with Crippen LogP contribution >= 0.6 is 11.6 Å². The average Bonchev–Trinajstić information content (AvgIpc) is 3.39. The van der Waals surface area contributed by atoms with Gasteiger partial charge in [0.2, 0.25) is 0 Å². The van der Waals surface area contributed by atoms with E-state index in [0.717, 1.165) is 22.5 Å². The molecule has 0 bridgehead atoms. The summed E-state index contributed by atoms with van der Waals surface area (Å²) >= 11 is 5.92. The molecule has 0 radical (unpaired) electrons. The Morgan fingerprint density at radius 3 is 2.32 bits per heavy atom. The van der Waals surface area contributed by atoms with Gasteiger partial charge in [-0.2, -0.15) is 5.10 Å². The van der Waals surface area contributed by atoms with Crippen LogP contribution in [-0.4, -0.2) is 28.6 Å². The van der Waals surface area contributed by atoms with Gasteiger partial charge in [0, 0.05) is 22.9 Å². The quantitative estimate of drug-likeness (QED) is 0.120. The van der Waals surface area contributed by atoms with Crippen LogP contribution in [-0.2, 0) is 0 Å². The third kappa shape index (κ3) is 5.82. The van der Waals surface area contributed by atoms with Gasteiger partial charge in [0.1, 0.15) is 0 Å². The number of carbonyl (C=O) groups excluding carboxylic acids is 1. The van der Waals surface area contributed by atoms with Gasteiger partial charge in [0.25, 0.3) is 0 Å². The van der Waals surface area contributed by atoms with E-state index in [0.29, 0.717) is 34.5 Å². The molecule has 0 aliphatic rings. The van der Waals surface area contributed by atoms with Crippen molar-refractivity contribution in [1.29, 1.82) is 0 Å². The molecule has 0 saturated carbocycles. The first-order valence-electron chi connectivity index (χ1n) is 12.1. The Morgan fingerprint density at radius 1 is 0.895 bits per heavy atom. The number of benzene rings is 4. The lowest BCUT2D eigenvalue weighted by atomic mass is 10.1. The predicted octanol–water partition coefficient (Wildman–Crippen LogP) is 7.56. The summed E-state index contributed by atoms with van der Waals surface area (Å²) < 4.78 is 13.2. The fraction of sp³-hybridized carbons (Fsp3) is 0.0645. The zero-order valence-electron chi connectivity index (χ0n) is 20.6. The lowest BCUT2D eigenvalue weighted by molar-refractivity contribution is 0.0728. The molecular weight excluding hydrogens is 498 g/mol. The van der Waals surface area contributed by atoms with Crippen molar-refractivity contribution in [3.05, 3.63) is 125 Å². The van der Waals surface area contributed by atoms with Crippen LogP contribution in [0.3, 0.4) is 0 Å². The zero-order valence-corrected chi connectivity index (χ0v) is 21.4. The summed E-state index contributed by atoms with van der Waals surface area (Å²) in [7, 11) is 0. The first-order chi connectivity index (χ1) is 18.6. The lowest BCUT2D eigenvalue weighted by Crippen LogP contribution is -2.09. The molecular formula is C31H24ClN3O3. The molecule has 0 atom stereocenters. The van der Waals surface area contributed by atoms with Crippen molar-refractivity contribution in [3.63, 3.8) is 0 Å². The van der Waals surface area contributed by atoms with E-state index in [1.807, 2.05) is 84.4 Å². The molecule has 188 valence electrons. The zero-order chi connectivity index (χ0) is 26.3. The number of esters is 1. The Morgan fingerprint density at radius 2 is 1.61 bits per heavy atom. The number of hydrogen-bond acceptors (Lipinski definition) is 5. The van der Waals surface area contributed by atoms with E-state index >= 15 is 0 Å². The lowest BCUT2D eigenvalue weighted by Gasteiger charge is -2.11. The number of ether oxygens (including phenoxy) is 2. The summed E-state index contributed by atoms with van der Waals surface area (Å²) in [5, 5.41) is 5.35. The second-order valence-electron chi connectivity index (χ2n) is 8.29. The van der Waals surface area contributed by atoms with Crippen molar-refractivity contribution in [1.82, 2.24) is 9.78 Å². The molecule has 0 spiro atoms. The van der Waals surface area contributed by atoms with Crippen LogP contribution in [0, 0.1) is 0 Å². The maximum absolute atomic E-state index is 12.6. The molecule has 0 fully saturated rings. The van der Waals surface area contributed by atoms with Crippen LogP contribution in [0.5, 0.6) is 11.5 Å². The highest BCUT2D eigenvalue weighted by Gasteiger charge is 2.14. The number of halogens is 1. The highest BCUT2D eigenvalue weighted by atomic mass is 35.5. The van der Waals surface area contributed by atoms with Crippen LogP contribution in [0.4, 0.5) is 5.82 Å². The maximum atomic E-state index is 12.6. The van der Waals surface area contributed by atoms with Crippen molar-refractivity contribution < 1.29 is 14.3 Å². The fourth-order valence-electron chi connectivity index (χ4n) is 3.82. The maximum Gasteiger partial charge on any atom is 0.343 e. The van der Waals surface area contributed by atoms with Crippen LogP contribution < -0.4 is 9.47 Å². The van der Waals surface area contributed by atoms with Crippen molar-refractivity contribution in [2.24, 2.45) is 4.99 Å². The molecule has 38 heavy (non-hydrogen) atoms. The Labute approximate surface area is 225 Å². The smallest absolute Gasteiger partial charge is 0.343 e. The van der Waals surface area contributed by atoms with Crippen LogP contribution in [0.25, 0.3) is 16.9 Å². The summed E-state index contributed by atoms with van der Waals surface area (Å²) in [6.45, 7) is 2.28. The van der Waals surface area contributed by atoms with E-state index in [4.69, 9.17) is 31.2 Å². The van der Waals surface area contributed by atoms with Gasteiger partial charge in [-0.15, -0.1) is 0 Å². The molecule has 6 nitrogen and oxygen atoms in total. The van der Waals surface area contributed by atoms with E-state index in [2.05, 4.69) is 0 Å². The summed E-state index contributed by atoms with van der Waals surface area (Å²) in [5.74, 6) is 0.945. The minimum absolute atomic E-state index is 0.324. The number of aromatic nitrogens is 2. The van der Waals surface area contributed by atoms with Gasteiger partial charge >= 0.3 is 5.97 Å². The van der Waals surface area contributed by atoms with Gasteiger partial charge in [-0.25, -0.2) is 14.5 Å². The van der Waals surface area contributed by atoms with Gasteiger partial charge in [-0.1, -0.05) is 60.1 Å². The molecule has 5 aromatic rings. The van der Waals surface area contributed by atoms with Crippen LogP contribution in [0.15, 0.2) is 114 Å². The standard InChI is InChI=1S/C31H24ClN3O3/c1-2-37-29-19-22(13-18-28(29)38-31(36)24-14-16-25(32)17-15-24)21-33-30-20-27(23-9-5-3-6-10-23)34-35(30)26-11-7-4-8-12-26/h3-21H,2H2,1H3. The summed E-state index contributed by atoms with van der Waals surface area (Å²) in [4.78, 5) is 17.4. The summed E-state index contributed by atoms with van der Waals surface area (Å²) in [5.41, 5.74) is 3.90. The number of carbonyl (C=O) groups is 1. The second-order valence-corrected chi connectivity index (χ2v) is 8.73. The molecule has 0 N–H and O–H groups in total. The molecule has 0 amide bonds. The molecule has 0 aliphatic carbocycles. The van der Waals surface area contributed by atoms with Gasteiger partial charge in [-0.05, 0) is 67.1 Å². The highest BCUT2D eigenvalue weighted by Crippen LogP contribution is 2.30. The van der Waals surface area contributed by atoms with Crippen LogP contribution in [0.2, 0.25) is 5.02 Å². The topological polar surface area (TPSA) is 65.7 Å². The summed E-state index contributed by atoms with van der Waals surface area (Å²) in [6.07, 6.45) is 1.73. The van der Waals surface area contributed by atoms with Gasteiger partial charge < -0.3 is 9.47 Å². The number of nitrogens with zero attached hydrogens (tertiary/aromatic N) is 3. The third-order valence-corrected chi connectivity index (χ3v) is 5.91. The first kappa shape index (κ1) is 25.0. The Hall–Kier alpha value is -4.68. The minimum Gasteiger partial charge on any atom is -0.490 e. The molecule has 0 saturated heterocycles. The monoisotopic (exact) mass is 521 g/mol. The van der Waals surface area contributed by atoms with Crippen LogP contribution in [0.1, 0.15) is 22.8 Å². The Balaban J connectivity index is 1.44. The van der Waals surface area contributed by atoms with E-state index in [-0.39, 0.29) is 0 Å². The van der Waals surface area contributed by atoms with E-state index in [1.165, 1.54) is 0 Å². The van der Waals surface area contributed by atoms with Gasteiger partial charge in [0.15, 0.2) is 17.3 Å². The molecule has 5 rings (SSSR count). The molecule has 4 aromatic carbocycles. The highest BCUT2D eigenvalue weighted by molar-refractivity contribution is 6.30. The molecule has 1 aromatic heterocycles. The molecule has 1 heterocycles. The normalized spacial score (nSPS) is 11.0. The van der Waals surface area contributed by atoms with Crippen molar-refractivity contribution in [2.45, 2.75) is 6.92 Å². The first-order valence-corrected chi connectivity index (χ1v) is 12.5. The molecule has 0 unspecified atom stereocenters. The Bertz CT molecular complexity index is 1560. The third-order valence-electron chi connectivity index (χ3n) is 5.66. The van der Waals surface area contributed by atoms with Gasteiger partial charge in [0.05, 0.1) is 23.6 Å². The number of para-hydroxylation sites is 1. The van der Waals surface area contributed by atoms with E-state index in [9.17, 15) is 4.79 Å². The SMILES string of the molecule is CCOc1cc(C=Nc2cc(-c3ccccc3)nn2-c2ccccc2)ccc1OC(=O)c1ccc(Cl)cc1. The summed E-state index contributed by atoms with van der Waals surface area (Å²) in [6, 6.07) is 33.6. The van der Waals surface area contributed by atoms with Crippen molar-refractivity contribution in [2.75, 3.05) is 6.61 Å². The molecule has 0 aliphatic heterocycles. The van der Waals surface area contributed by atoms with Crippen molar-refractivity contribution in [3.8, 4) is 28.4 Å². The fourth-order valence-corrected chi connectivity index (χ4v) is 3.94. The molecule has 7 heteroatoms. The van der Waals surface area contributed by atoms with Gasteiger partial charge in [-0.3, -0.25) is 0 Å².